The Labute approximate surface area is 145 Å². The number of halogens is 2. The number of nitrogens with zero attached hydrogens (tertiary/aromatic N) is 5. The Bertz CT molecular complexity index is 1010. The van der Waals surface area contributed by atoms with E-state index < -0.39 is 0 Å². The van der Waals surface area contributed by atoms with E-state index in [1.807, 2.05) is 12.1 Å². The lowest BCUT2D eigenvalue weighted by Gasteiger charge is -2.01. The molecule has 24 heavy (non-hydrogen) atoms. The van der Waals surface area contributed by atoms with Crippen LogP contribution in [0.25, 0.3) is 22.4 Å². The lowest BCUT2D eigenvalue weighted by molar-refractivity contribution is 0.0583. The maximum atomic E-state index is 5.97. The minimum absolute atomic E-state index is 0.0402. The van der Waals surface area contributed by atoms with E-state index in [1.165, 1.54) is 4.85 Å². The molecule has 0 saturated heterocycles. The second-order valence-corrected chi connectivity index (χ2v) is 5.76. The molecule has 0 fully saturated rings. The topological polar surface area (TPSA) is 78.9 Å². The second kappa shape index (κ2) is 6.10. The van der Waals surface area contributed by atoms with Crippen LogP contribution in [0.5, 0.6) is 0 Å². The zero-order valence-electron chi connectivity index (χ0n) is 12.1. The molecule has 4 aromatic rings. The van der Waals surface area contributed by atoms with Gasteiger partial charge in [-0.15, -0.1) is 5.10 Å². The molecule has 0 aliphatic carbocycles. The number of rotatable bonds is 4. The molecule has 0 radical (unpaired) electrons. The Morgan fingerprint density at radius 2 is 1.96 bits per heavy atom. The van der Waals surface area contributed by atoms with E-state index in [4.69, 9.17) is 32.6 Å². The first-order valence-electron chi connectivity index (χ1n) is 6.92. The number of hydrogen-bond acceptors (Lipinski definition) is 6. The summed E-state index contributed by atoms with van der Waals surface area (Å²) in [6, 6.07) is 12.4. The van der Waals surface area contributed by atoms with E-state index in [0.717, 1.165) is 5.56 Å². The first kappa shape index (κ1) is 14.9. The van der Waals surface area contributed by atoms with E-state index in [0.29, 0.717) is 32.8 Å². The minimum atomic E-state index is 0.0402. The fraction of sp³-hybridized carbons (Fsp3) is 0.0667. The van der Waals surface area contributed by atoms with Crippen molar-refractivity contribution >= 4 is 34.2 Å². The maximum absolute atomic E-state index is 5.97. The molecule has 2 heterocycles. The highest BCUT2D eigenvalue weighted by Gasteiger charge is 2.11. The fourth-order valence-electron chi connectivity index (χ4n) is 2.14. The van der Waals surface area contributed by atoms with Gasteiger partial charge in [0, 0.05) is 15.6 Å². The van der Waals surface area contributed by atoms with Crippen LogP contribution in [0.3, 0.4) is 0 Å². The van der Waals surface area contributed by atoms with Crippen molar-refractivity contribution < 1.29 is 9.36 Å². The predicted octanol–water partition coefficient (Wildman–Crippen LogP) is 3.42. The van der Waals surface area contributed by atoms with Gasteiger partial charge in [0.05, 0.1) is 0 Å². The van der Waals surface area contributed by atoms with E-state index in [1.54, 1.807) is 30.3 Å². The molecule has 0 aliphatic heterocycles. The van der Waals surface area contributed by atoms with Crippen LogP contribution in [0.2, 0.25) is 10.0 Å². The maximum Gasteiger partial charge on any atom is 0.267 e. The molecule has 9 heteroatoms. The van der Waals surface area contributed by atoms with Crippen molar-refractivity contribution in [2.24, 2.45) is 0 Å². The van der Waals surface area contributed by atoms with Crippen LogP contribution < -0.4 is 4.84 Å². The van der Waals surface area contributed by atoms with E-state index >= 15 is 0 Å². The van der Waals surface area contributed by atoms with E-state index in [-0.39, 0.29) is 6.61 Å². The van der Waals surface area contributed by atoms with Gasteiger partial charge in [-0.25, -0.2) is 0 Å². The Kier molecular flexibility index (Phi) is 3.79. The molecule has 0 unspecified atom stereocenters. The standard InChI is InChI=1S/C15H9Cl2N5O2/c16-10-3-1-2-9(6-10)15-18-14(24-20-15)8-23-22-13-7-11(17)4-5-12(13)19-21-22/h1-7H,8H2. The summed E-state index contributed by atoms with van der Waals surface area (Å²) in [5.41, 5.74) is 2.08. The largest absolute Gasteiger partial charge is 0.385 e. The van der Waals surface area contributed by atoms with Gasteiger partial charge in [-0.05, 0) is 35.5 Å². The van der Waals surface area contributed by atoms with Gasteiger partial charge in [0.2, 0.25) is 5.82 Å². The van der Waals surface area contributed by atoms with Crippen molar-refractivity contribution in [1.82, 2.24) is 25.3 Å². The zero-order valence-corrected chi connectivity index (χ0v) is 13.6. The molecule has 0 spiro atoms. The molecule has 0 bridgehead atoms. The lowest BCUT2D eigenvalue weighted by Crippen LogP contribution is -2.13. The highest BCUT2D eigenvalue weighted by Crippen LogP contribution is 2.20. The summed E-state index contributed by atoms with van der Waals surface area (Å²) in [5.74, 6) is 0.734. The second-order valence-electron chi connectivity index (χ2n) is 4.89. The Morgan fingerprint density at radius 1 is 1.08 bits per heavy atom. The van der Waals surface area contributed by atoms with Gasteiger partial charge in [0.15, 0.2) is 6.61 Å². The molecule has 0 aliphatic rings. The van der Waals surface area contributed by atoms with Crippen molar-refractivity contribution in [1.29, 1.82) is 0 Å². The Hall–Kier alpha value is -2.64. The number of hydrogen-bond donors (Lipinski definition) is 0. The quantitative estimate of drug-likeness (QED) is 0.554. The summed E-state index contributed by atoms with van der Waals surface area (Å²) in [6.07, 6.45) is 0. The SMILES string of the molecule is Clc1cccc(-c2noc(COn3nnc4ccc(Cl)cc43)n2)c1. The van der Waals surface area contributed by atoms with Crippen LogP contribution in [0.1, 0.15) is 5.89 Å². The number of fused-ring (bicyclic) bond motifs is 1. The van der Waals surface area contributed by atoms with Gasteiger partial charge < -0.3 is 9.36 Å². The average Bonchev–Trinajstić information content (AvgIpc) is 3.19. The third-order valence-electron chi connectivity index (χ3n) is 3.24. The van der Waals surface area contributed by atoms with Crippen LogP contribution in [0.15, 0.2) is 47.0 Å². The van der Waals surface area contributed by atoms with Crippen molar-refractivity contribution in [3.8, 4) is 11.4 Å². The van der Waals surface area contributed by atoms with Crippen molar-refractivity contribution in [2.45, 2.75) is 6.61 Å². The smallest absolute Gasteiger partial charge is 0.267 e. The normalized spacial score (nSPS) is 11.1. The average molecular weight is 362 g/mol. The Balaban J connectivity index is 1.53. The molecule has 7 nitrogen and oxygen atoms in total. The van der Waals surface area contributed by atoms with Crippen LogP contribution in [-0.4, -0.2) is 25.3 Å². The predicted molar refractivity (Wildman–Crippen MR) is 87.6 cm³/mol. The molecular weight excluding hydrogens is 353 g/mol. The molecule has 0 atom stereocenters. The highest BCUT2D eigenvalue weighted by atomic mass is 35.5. The molecule has 2 aromatic carbocycles. The summed E-state index contributed by atoms with van der Waals surface area (Å²) in [6.45, 7) is 0.0402. The van der Waals surface area contributed by atoms with Crippen molar-refractivity contribution in [3.05, 3.63) is 58.4 Å². The first-order valence-corrected chi connectivity index (χ1v) is 7.67. The molecule has 0 amide bonds. The van der Waals surface area contributed by atoms with E-state index in [9.17, 15) is 0 Å². The van der Waals surface area contributed by atoms with Gasteiger partial charge in [0.25, 0.3) is 5.89 Å². The third kappa shape index (κ3) is 2.91. The minimum Gasteiger partial charge on any atom is -0.385 e. The van der Waals surface area contributed by atoms with Gasteiger partial charge in [0.1, 0.15) is 11.0 Å². The van der Waals surface area contributed by atoms with Crippen molar-refractivity contribution in [3.63, 3.8) is 0 Å². The van der Waals surface area contributed by atoms with Crippen LogP contribution in [-0.2, 0) is 6.61 Å². The first-order chi connectivity index (χ1) is 11.7. The van der Waals surface area contributed by atoms with Gasteiger partial charge in [-0.2, -0.15) is 4.98 Å². The number of benzene rings is 2. The van der Waals surface area contributed by atoms with Crippen LogP contribution in [0, 0.1) is 0 Å². The molecule has 0 N–H and O–H groups in total. The molecule has 4 rings (SSSR count). The summed E-state index contributed by atoms with van der Waals surface area (Å²) in [5, 5.41) is 13.0. The van der Waals surface area contributed by atoms with Gasteiger partial charge >= 0.3 is 0 Å². The Morgan fingerprint density at radius 3 is 2.83 bits per heavy atom. The van der Waals surface area contributed by atoms with E-state index in [2.05, 4.69) is 20.5 Å². The number of aromatic nitrogens is 5. The fourth-order valence-corrected chi connectivity index (χ4v) is 2.50. The van der Waals surface area contributed by atoms with Gasteiger partial charge in [-0.1, -0.05) is 45.3 Å². The molecular formula is C15H9Cl2N5O2. The van der Waals surface area contributed by atoms with Gasteiger partial charge in [-0.3, -0.25) is 0 Å². The van der Waals surface area contributed by atoms with Crippen molar-refractivity contribution in [2.75, 3.05) is 0 Å². The molecule has 0 saturated carbocycles. The third-order valence-corrected chi connectivity index (χ3v) is 3.71. The van der Waals surface area contributed by atoms with Crippen LogP contribution >= 0.6 is 23.2 Å². The summed E-state index contributed by atoms with van der Waals surface area (Å²) in [4.78, 5) is 11.1. The lowest BCUT2D eigenvalue weighted by atomic mass is 10.2. The van der Waals surface area contributed by atoms with Crippen LogP contribution in [0.4, 0.5) is 0 Å². The zero-order chi connectivity index (χ0) is 16.5. The summed E-state index contributed by atoms with van der Waals surface area (Å²) >= 11 is 11.9. The monoisotopic (exact) mass is 361 g/mol. The molecule has 120 valence electrons. The summed E-state index contributed by atoms with van der Waals surface area (Å²) in [7, 11) is 0. The highest BCUT2D eigenvalue weighted by molar-refractivity contribution is 6.31. The summed E-state index contributed by atoms with van der Waals surface area (Å²) < 4.78 is 5.18. The molecule has 2 aromatic heterocycles.